The Bertz CT molecular complexity index is 943. The lowest BCUT2D eigenvalue weighted by atomic mass is 10.0. The minimum atomic E-state index is -0.167. The number of carbonyl (C=O) groups excluding carboxylic acids is 2. The van der Waals surface area contributed by atoms with E-state index < -0.39 is 0 Å². The first-order valence-electron chi connectivity index (χ1n) is 8.18. The van der Waals surface area contributed by atoms with Crippen molar-refractivity contribution in [3.8, 4) is 0 Å². The van der Waals surface area contributed by atoms with Gasteiger partial charge in [0.15, 0.2) is 0 Å². The van der Waals surface area contributed by atoms with E-state index in [1.165, 1.54) is 0 Å². The summed E-state index contributed by atoms with van der Waals surface area (Å²) in [7, 11) is 0. The number of benzene rings is 2. The molecule has 0 fully saturated rings. The van der Waals surface area contributed by atoms with Gasteiger partial charge in [-0.05, 0) is 42.8 Å². The highest BCUT2D eigenvalue weighted by atomic mass is 32.2. The number of fused-ring (bicyclic) bond motifs is 2. The lowest BCUT2D eigenvalue weighted by molar-refractivity contribution is -0.117. The molecule has 0 radical (unpaired) electrons. The summed E-state index contributed by atoms with van der Waals surface area (Å²) in [6.07, 6.45) is 0.397. The van der Waals surface area contributed by atoms with Gasteiger partial charge in [-0.1, -0.05) is 18.2 Å². The van der Waals surface area contributed by atoms with Crippen LogP contribution in [0.4, 0.5) is 0 Å². The van der Waals surface area contributed by atoms with Gasteiger partial charge in [-0.2, -0.15) is 0 Å². The number of thioether (sulfide) groups is 1. The molecule has 0 spiro atoms. The van der Waals surface area contributed by atoms with Crippen molar-refractivity contribution in [2.45, 2.75) is 30.0 Å². The SMILES string of the molecule is CC1Sc2ccc(C(=O)NCc3cc4ccccc4o3)cc2CC1=O. The van der Waals surface area contributed by atoms with Gasteiger partial charge in [-0.25, -0.2) is 0 Å². The quantitative estimate of drug-likeness (QED) is 0.776. The summed E-state index contributed by atoms with van der Waals surface area (Å²) in [5.41, 5.74) is 2.31. The Balaban J connectivity index is 1.48. The molecule has 1 unspecified atom stereocenters. The Hall–Kier alpha value is -2.53. The second kappa shape index (κ2) is 6.41. The van der Waals surface area contributed by atoms with E-state index in [2.05, 4.69) is 5.32 Å². The number of hydrogen-bond donors (Lipinski definition) is 1. The van der Waals surface area contributed by atoms with Crippen LogP contribution in [0.2, 0.25) is 0 Å². The van der Waals surface area contributed by atoms with Crippen molar-refractivity contribution < 1.29 is 14.0 Å². The van der Waals surface area contributed by atoms with E-state index in [0.29, 0.717) is 24.3 Å². The van der Waals surface area contributed by atoms with Crippen molar-refractivity contribution in [3.63, 3.8) is 0 Å². The first kappa shape index (κ1) is 16.0. The van der Waals surface area contributed by atoms with Gasteiger partial charge in [-0.3, -0.25) is 9.59 Å². The van der Waals surface area contributed by atoms with Gasteiger partial charge in [0.1, 0.15) is 17.1 Å². The number of Topliss-reactive ketones (excluding diaryl/α,β-unsaturated/α-hetero) is 1. The molecule has 126 valence electrons. The monoisotopic (exact) mass is 351 g/mol. The summed E-state index contributed by atoms with van der Waals surface area (Å²) < 4.78 is 5.71. The fourth-order valence-electron chi connectivity index (χ4n) is 2.95. The lowest BCUT2D eigenvalue weighted by Crippen LogP contribution is -2.24. The van der Waals surface area contributed by atoms with Crippen molar-refractivity contribution in [3.05, 3.63) is 65.4 Å². The van der Waals surface area contributed by atoms with Crippen LogP contribution < -0.4 is 5.32 Å². The number of rotatable bonds is 3. The third-order valence-corrected chi connectivity index (χ3v) is 5.61. The number of nitrogens with one attached hydrogen (secondary N) is 1. The maximum Gasteiger partial charge on any atom is 0.251 e. The molecular formula is C20H17NO3S. The van der Waals surface area contributed by atoms with Crippen molar-refractivity contribution in [1.82, 2.24) is 5.32 Å². The van der Waals surface area contributed by atoms with Gasteiger partial charge in [-0.15, -0.1) is 11.8 Å². The highest BCUT2D eigenvalue weighted by Gasteiger charge is 2.24. The van der Waals surface area contributed by atoms with Crippen molar-refractivity contribution in [2.75, 3.05) is 0 Å². The van der Waals surface area contributed by atoms with Gasteiger partial charge in [0, 0.05) is 22.3 Å². The van der Waals surface area contributed by atoms with E-state index in [4.69, 9.17) is 4.42 Å². The van der Waals surface area contributed by atoms with Crippen LogP contribution in [0.1, 0.15) is 28.6 Å². The normalized spacial score (nSPS) is 16.7. The number of hydrogen-bond acceptors (Lipinski definition) is 4. The molecule has 3 aromatic rings. The average Bonchev–Trinajstić information content (AvgIpc) is 3.03. The predicted octanol–water partition coefficient (Wildman–Crippen LogP) is 3.97. The van der Waals surface area contributed by atoms with Crippen LogP contribution in [-0.4, -0.2) is 16.9 Å². The van der Waals surface area contributed by atoms with Crippen LogP contribution >= 0.6 is 11.8 Å². The molecule has 1 aliphatic heterocycles. The zero-order chi connectivity index (χ0) is 17.4. The minimum absolute atomic E-state index is 0.0136. The largest absolute Gasteiger partial charge is 0.459 e. The second-order valence-electron chi connectivity index (χ2n) is 6.16. The third-order valence-electron chi connectivity index (χ3n) is 4.34. The molecule has 1 N–H and O–H groups in total. The number of para-hydroxylation sites is 1. The molecule has 0 bridgehead atoms. The third kappa shape index (κ3) is 3.20. The first-order chi connectivity index (χ1) is 12.1. The molecule has 5 heteroatoms. The topological polar surface area (TPSA) is 59.3 Å². The zero-order valence-electron chi connectivity index (χ0n) is 13.7. The van der Waals surface area contributed by atoms with Crippen LogP contribution in [0.3, 0.4) is 0 Å². The molecule has 4 rings (SSSR count). The molecule has 1 aromatic heterocycles. The standard InChI is InChI=1S/C20H17NO3S/c1-12-17(22)10-15-8-14(6-7-19(15)25-12)20(23)21-11-16-9-13-4-2-3-5-18(13)24-16/h2-9,12H,10-11H2,1H3,(H,21,23). The van der Waals surface area contributed by atoms with E-state index in [1.807, 2.05) is 55.5 Å². The number of furan rings is 1. The fourth-order valence-corrected chi connectivity index (χ4v) is 3.98. The van der Waals surface area contributed by atoms with Gasteiger partial charge in [0.2, 0.25) is 0 Å². The van der Waals surface area contributed by atoms with Crippen LogP contribution in [-0.2, 0) is 17.8 Å². The Morgan fingerprint density at radius 2 is 2.08 bits per heavy atom. The predicted molar refractivity (Wildman–Crippen MR) is 97.9 cm³/mol. The summed E-state index contributed by atoms with van der Waals surface area (Å²) in [5, 5.41) is 3.88. The second-order valence-corrected chi connectivity index (χ2v) is 7.54. The number of ketones is 1. The van der Waals surface area contributed by atoms with Gasteiger partial charge >= 0.3 is 0 Å². The van der Waals surface area contributed by atoms with Crippen molar-refractivity contribution in [1.29, 1.82) is 0 Å². The van der Waals surface area contributed by atoms with Gasteiger partial charge < -0.3 is 9.73 Å². The highest BCUT2D eigenvalue weighted by Crippen LogP contribution is 2.33. The Kier molecular flexibility index (Phi) is 4.09. The van der Waals surface area contributed by atoms with E-state index in [1.54, 1.807) is 11.8 Å². The average molecular weight is 351 g/mol. The molecule has 2 heterocycles. The van der Waals surface area contributed by atoms with E-state index in [0.717, 1.165) is 21.4 Å². The zero-order valence-corrected chi connectivity index (χ0v) is 14.6. The van der Waals surface area contributed by atoms with Crippen LogP contribution in [0, 0.1) is 0 Å². The minimum Gasteiger partial charge on any atom is -0.459 e. The molecule has 0 aliphatic carbocycles. The van der Waals surface area contributed by atoms with Gasteiger partial charge in [0.05, 0.1) is 11.8 Å². The lowest BCUT2D eigenvalue weighted by Gasteiger charge is -2.20. The van der Waals surface area contributed by atoms with E-state index >= 15 is 0 Å². The molecular weight excluding hydrogens is 334 g/mol. The van der Waals surface area contributed by atoms with Crippen LogP contribution in [0.5, 0.6) is 0 Å². The number of carbonyl (C=O) groups is 2. The molecule has 0 saturated heterocycles. The molecule has 0 saturated carbocycles. The Labute approximate surface area is 149 Å². The summed E-state index contributed by atoms with van der Waals surface area (Å²) in [4.78, 5) is 25.4. The summed E-state index contributed by atoms with van der Waals surface area (Å²) in [5.74, 6) is 0.753. The molecule has 4 nitrogen and oxygen atoms in total. The maximum absolute atomic E-state index is 12.4. The smallest absolute Gasteiger partial charge is 0.251 e. The molecule has 1 aliphatic rings. The molecule has 1 atom stereocenters. The molecule has 1 amide bonds. The van der Waals surface area contributed by atoms with Crippen molar-refractivity contribution >= 4 is 34.4 Å². The van der Waals surface area contributed by atoms with Gasteiger partial charge in [0.25, 0.3) is 5.91 Å². The summed E-state index contributed by atoms with van der Waals surface area (Å²) in [6.45, 7) is 2.25. The summed E-state index contributed by atoms with van der Waals surface area (Å²) in [6, 6.07) is 15.2. The van der Waals surface area contributed by atoms with Crippen LogP contribution in [0.15, 0.2) is 57.8 Å². The van der Waals surface area contributed by atoms with Crippen molar-refractivity contribution in [2.24, 2.45) is 0 Å². The fraction of sp³-hybridized carbons (Fsp3) is 0.200. The number of amides is 1. The van der Waals surface area contributed by atoms with E-state index in [-0.39, 0.29) is 16.9 Å². The highest BCUT2D eigenvalue weighted by molar-refractivity contribution is 8.00. The van der Waals surface area contributed by atoms with E-state index in [9.17, 15) is 9.59 Å². The van der Waals surface area contributed by atoms with Crippen LogP contribution in [0.25, 0.3) is 11.0 Å². The molecule has 25 heavy (non-hydrogen) atoms. The molecule has 2 aromatic carbocycles. The Morgan fingerprint density at radius 3 is 2.92 bits per heavy atom. The maximum atomic E-state index is 12.4. The summed E-state index contributed by atoms with van der Waals surface area (Å²) >= 11 is 1.56. The first-order valence-corrected chi connectivity index (χ1v) is 9.06. The Morgan fingerprint density at radius 1 is 1.24 bits per heavy atom.